The first kappa shape index (κ1) is 20.7. The molecule has 2 aliphatic heterocycles. The van der Waals surface area contributed by atoms with Crippen molar-refractivity contribution in [1.29, 1.82) is 0 Å². The highest BCUT2D eigenvalue weighted by molar-refractivity contribution is 5.95. The zero-order valence-electron chi connectivity index (χ0n) is 18.1. The maximum absolute atomic E-state index is 13.0. The SMILES string of the molecule is CNc1ncccc1CN1CCC(Cc2nc(C)ncc2C(=O)N2CCCC2)CC1. The summed E-state index contributed by atoms with van der Waals surface area (Å²) in [6.45, 7) is 6.65. The van der Waals surface area contributed by atoms with Crippen molar-refractivity contribution in [1.82, 2.24) is 24.8 Å². The highest BCUT2D eigenvalue weighted by atomic mass is 16.2. The minimum Gasteiger partial charge on any atom is -0.373 e. The molecule has 0 bridgehead atoms. The van der Waals surface area contributed by atoms with Crippen LogP contribution in [0, 0.1) is 12.8 Å². The number of nitrogens with zero attached hydrogens (tertiary/aromatic N) is 5. The number of aromatic nitrogens is 3. The fraction of sp³-hybridized carbons (Fsp3) is 0.565. The lowest BCUT2D eigenvalue weighted by atomic mass is 9.90. The Morgan fingerprint density at radius 1 is 1.17 bits per heavy atom. The average Bonchev–Trinajstić information content (AvgIpc) is 3.30. The summed E-state index contributed by atoms with van der Waals surface area (Å²) in [6.07, 6.45) is 8.87. The monoisotopic (exact) mass is 408 g/mol. The highest BCUT2D eigenvalue weighted by Crippen LogP contribution is 2.25. The third-order valence-corrected chi connectivity index (χ3v) is 6.32. The third kappa shape index (κ3) is 4.78. The second kappa shape index (κ2) is 9.51. The number of aryl methyl sites for hydroxylation is 1. The quantitative estimate of drug-likeness (QED) is 0.792. The first-order chi connectivity index (χ1) is 14.6. The number of likely N-dealkylation sites (tertiary alicyclic amines) is 2. The minimum absolute atomic E-state index is 0.108. The van der Waals surface area contributed by atoms with Gasteiger partial charge in [-0.3, -0.25) is 9.69 Å². The van der Waals surface area contributed by atoms with Gasteiger partial charge in [0.15, 0.2) is 0 Å². The Morgan fingerprint density at radius 2 is 1.93 bits per heavy atom. The zero-order valence-corrected chi connectivity index (χ0v) is 18.1. The largest absolute Gasteiger partial charge is 0.373 e. The van der Waals surface area contributed by atoms with E-state index in [1.807, 2.05) is 31.1 Å². The van der Waals surface area contributed by atoms with Crippen LogP contribution in [0.25, 0.3) is 0 Å². The van der Waals surface area contributed by atoms with Gasteiger partial charge in [-0.25, -0.2) is 15.0 Å². The molecular weight excluding hydrogens is 376 g/mol. The molecule has 2 aromatic heterocycles. The van der Waals surface area contributed by atoms with Gasteiger partial charge in [-0.2, -0.15) is 0 Å². The molecule has 0 spiro atoms. The summed E-state index contributed by atoms with van der Waals surface area (Å²) < 4.78 is 0. The highest BCUT2D eigenvalue weighted by Gasteiger charge is 2.26. The Bertz CT molecular complexity index is 872. The molecule has 7 heteroatoms. The number of hydrogen-bond donors (Lipinski definition) is 1. The molecule has 4 heterocycles. The smallest absolute Gasteiger partial charge is 0.257 e. The molecule has 0 radical (unpaired) electrons. The summed E-state index contributed by atoms with van der Waals surface area (Å²) in [5.41, 5.74) is 2.88. The van der Waals surface area contributed by atoms with E-state index in [1.165, 1.54) is 5.56 Å². The van der Waals surface area contributed by atoms with Crippen LogP contribution < -0.4 is 5.32 Å². The molecule has 30 heavy (non-hydrogen) atoms. The standard InChI is InChI=1S/C23H32N6O/c1-17-26-15-20(23(30)29-10-3-4-11-29)21(27-17)14-18-7-12-28(13-8-18)16-19-6-5-9-25-22(19)24-2/h5-6,9,15,18H,3-4,7-8,10-14,16H2,1-2H3,(H,24,25). The van der Waals surface area contributed by atoms with Crippen LogP contribution in [0.3, 0.4) is 0 Å². The molecule has 4 rings (SSSR count). The van der Waals surface area contributed by atoms with Crippen LogP contribution in [-0.4, -0.2) is 63.9 Å². The summed E-state index contributed by atoms with van der Waals surface area (Å²) >= 11 is 0. The van der Waals surface area contributed by atoms with Crippen molar-refractivity contribution in [2.24, 2.45) is 5.92 Å². The molecule has 1 amide bonds. The second-order valence-electron chi connectivity index (χ2n) is 8.46. The van der Waals surface area contributed by atoms with Gasteiger partial charge < -0.3 is 10.2 Å². The number of hydrogen-bond acceptors (Lipinski definition) is 6. The number of carbonyl (C=O) groups is 1. The molecule has 2 fully saturated rings. The van der Waals surface area contributed by atoms with Gasteiger partial charge in [-0.15, -0.1) is 0 Å². The molecule has 2 saturated heterocycles. The fourth-order valence-corrected chi connectivity index (χ4v) is 4.60. The Kier molecular flexibility index (Phi) is 6.57. The normalized spacial score (nSPS) is 18.0. The van der Waals surface area contributed by atoms with E-state index in [0.29, 0.717) is 11.5 Å². The first-order valence-corrected chi connectivity index (χ1v) is 11.1. The lowest BCUT2D eigenvalue weighted by Crippen LogP contribution is -2.35. The summed E-state index contributed by atoms with van der Waals surface area (Å²) in [5.74, 6) is 2.37. The van der Waals surface area contributed by atoms with E-state index in [-0.39, 0.29) is 5.91 Å². The maximum atomic E-state index is 13.0. The van der Waals surface area contributed by atoms with Crippen molar-refractivity contribution in [2.45, 2.75) is 45.6 Å². The predicted molar refractivity (Wildman–Crippen MR) is 117 cm³/mol. The van der Waals surface area contributed by atoms with Gasteiger partial charge in [-0.1, -0.05) is 6.07 Å². The molecule has 7 nitrogen and oxygen atoms in total. The van der Waals surface area contributed by atoms with Crippen LogP contribution in [0.1, 0.15) is 53.1 Å². The molecule has 0 saturated carbocycles. The fourth-order valence-electron chi connectivity index (χ4n) is 4.60. The second-order valence-corrected chi connectivity index (χ2v) is 8.46. The van der Waals surface area contributed by atoms with Gasteiger partial charge in [-0.05, 0) is 64.1 Å². The van der Waals surface area contributed by atoms with E-state index in [9.17, 15) is 4.79 Å². The van der Waals surface area contributed by atoms with Crippen molar-refractivity contribution in [3.05, 3.63) is 47.2 Å². The molecule has 0 aromatic carbocycles. The van der Waals surface area contributed by atoms with Crippen LogP contribution in [0.4, 0.5) is 5.82 Å². The van der Waals surface area contributed by atoms with Crippen LogP contribution in [-0.2, 0) is 13.0 Å². The zero-order chi connectivity index (χ0) is 20.9. The number of carbonyl (C=O) groups excluding carboxylic acids is 1. The van der Waals surface area contributed by atoms with E-state index >= 15 is 0 Å². The van der Waals surface area contributed by atoms with E-state index in [4.69, 9.17) is 0 Å². The number of nitrogens with one attached hydrogen (secondary N) is 1. The number of anilines is 1. The van der Waals surface area contributed by atoms with Gasteiger partial charge in [0.25, 0.3) is 5.91 Å². The Labute approximate surface area is 178 Å². The van der Waals surface area contributed by atoms with E-state index < -0.39 is 0 Å². The van der Waals surface area contributed by atoms with Crippen molar-refractivity contribution in [2.75, 3.05) is 38.5 Å². The van der Waals surface area contributed by atoms with Gasteiger partial charge in [0, 0.05) is 44.6 Å². The van der Waals surface area contributed by atoms with Crippen LogP contribution in [0.15, 0.2) is 24.5 Å². The topological polar surface area (TPSA) is 74.2 Å². The number of pyridine rings is 1. The van der Waals surface area contributed by atoms with E-state index in [2.05, 4.69) is 31.2 Å². The Morgan fingerprint density at radius 3 is 2.67 bits per heavy atom. The van der Waals surface area contributed by atoms with Gasteiger partial charge in [0.05, 0.1) is 11.3 Å². The summed E-state index contributed by atoms with van der Waals surface area (Å²) in [6, 6.07) is 4.14. The van der Waals surface area contributed by atoms with Gasteiger partial charge in [0.2, 0.25) is 0 Å². The summed E-state index contributed by atoms with van der Waals surface area (Å²) in [4.78, 5) is 30.8. The van der Waals surface area contributed by atoms with Crippen LogP contribution in [0.2, 0.25) is 0 Å². The Balaban J connectivity index is 1.38. The first-order valence-electron chi connectivity index (χ1n) is 11.1. The van der Waals surface area contributed by atoms with E-state index in [0.717, 1.165) is 82.2 Å². The third-order valence-electron chi connectivity index (χ3n) is 6.32. The van der Waals surface area contributed by atoms with Crippen molar-refractivity contribution >= 4 is 11.7 Å². The summed E-state index contributed by atoms with van der Waals surface area (Å²) in [7, 11) is 1.92. The summed E-state index contributed by atoms with van der Waals surface area (Å²) in [5, 5.41) is 3.18. The van der Waals surface area contributed by atoms with Crippen molar-refractivity contribution in [3.63, 3.8) is 0 Å². The van der Waals surface area contributed by atoms with Crippen LogP contribution >= 0.6 is 0 Å². The minimum atomic E-state index is 0.108. The molecule has 0 aliphatic carbocycles. The Hall–Kier alpha value is -2.54. The molecule has 160 valence electrons. The molecule has 0 atom stereocenters. The molecular formula is C23H32N6O. The van der Waals surface area contributed by atoms with Crippen LogP contribution in [0.5, 0.6) is 0 Å². The van der Waals surface area contributed by atoms with Gasteiger partial charge in [0.1, 0.15) is 11.6 Å². The molecule has 0 unspecified atom stereocenters. The number of rotatable bonds is 6. The van der Waals surface area contributed by atoms with E-state index in [1.54, 1.807) is 6.20 Å². The van der Waals surface area contributed by atoms with Gasteiger partial charge >= 0.3 is 0 Å². The number of piperidine rings is 1. The lowest BCUT2D eigenvalue weighted by Gasteiger charge is -2.32. The van der Waals surface area contributed by atoms with Crippen molar-refractivity contribution < 1.29 is 4.79 Å². The molecule has 1 N–H and O–H groups in total. The maximum Gasteiger partial charge on any atom is 0.257 e. The molecule has 2 aliphatic rings. The van der Waals surface area contributed by atoms with Crippen molar-refractivity contribution in [3.8, 4) is 0 Å². The lowest BCUT2D eigenvalue weighted by molar-refractivity contribution is 0.0790. The number of amides is 1. The average molecular weight is 409 g/mol. The predicted octanol–water partition coefficient (Wildman–Crippen LogP) is 2.91. The molecule has 2 aromatic rings.